The summed E-state index contributed by atoms with van der Waals surface area (Å²) in [6.45, 7) is 4.81. The van der Waals surface area contributed by atoms with Crippen LogP contribution in [0.5, 0.6) is 0 Å². The molecule has 2 aliphatic heterocycles. The van der Waals surface area contributed by atoms with Crippen LogP contribution in [0.3, 0.4) is 0 Å². The maximum absolute atomic E-state index is 10.3. The van der Waals surface area contributed by atoms with E-state index < -0.39 is 0 Å². The maximum atomic E-state index is 10.3. The smallest absolute Gasteiger partial charge is 0.123 e. The molecule has 7 unspecified atom stereocenters. The number of nitrogen functional groups attached to an aromatic ring is 1. The number of ether oxygens (including phenoxy) is 1. The number of pyridine rings is 1. The van der Waals surface area contributed by atoms with E-state index in [-0.39, 0.29) is 29.3 Å². The van der Waals surface area contributed by atoms with Crippen LogP contribution in [-0.2, 0) is 11.2 Å². The Labute approximate surface area is 205 Å². The van der Waals surface area contributed by atoms with Crippen LogP contribution in [-0.4, -0.2) is 33.4 Å². The van der Waals surface area contributed by atoms with Gasteiger partial charge in [-0.2, -0.15) is 0 Å². The van der Waals surface area contributed by atoms with Crippen molar-refractivity contribution in [2.75, 3.05) is 12.3 Å². The summed E-state index contributed by atoms with van der Waals surface area (Å²) in [5.74, 6) is 3.00. The van der Waals surface area contributed by atoms with Gasteiger partial charge in [0.2, 0.25) is 0 Å². The van der Waals surface area contributed by atoms with Gasteiger partial charge in [0.25, 0.3) is 0 Å². The van der Waals surface area contributed by atoms with E-state index in [1.54, 1.807) is 0 Å². The lowest BCUT2D eigenvalue weighted by molar-refractivity contribution is -0.324. The summed E-state index contributed by atoms with van der Waals surface area (Å²) in [4.78, 5) is 4.38. The number of aromatic nitrogens is 1. The fraction of sp³-hybridized carbons (Fsp3) is 0.828. The lowest BCUT2D eigenvalue weighted by Gasteiger charge is -2.71. The zero-order chi connectivity index (χ0) is 23.8. The molecular formula is C29H45N3O2. The third kappa shape index (κ3) is 3.56. The number of rotatable bonds is 4. The highest BCUT2D eigenvalue weighted by Gasteiger charge is 2.70. The molecule has 34 heavy (non-hydrogen) atoms. The van der Waals surface area contributed by atoms with Gasteiger partial charge in [-0.3, -0.25) is 0 Å². The van der Waals surface area contributed by atoms with Crippen molar-refractivity contribution in [3.8, 4) is 0 Å². The molecule has 2 saturated heterocycles. The first-order valence-corrected chi connectivity index (χ1v) is 14.0. The molecule has 5 N–H and O–H groups in total. The molecule has 6 fully saturated rings. The molecule has 188 valence electrons. The van der Waals surface area contributed by atoms with Crippen molar-refractivity contribution in [2.24, 2.45) is 40.7 Å². The van der Waals surface area contributed by atoms with Crippen molar-refractivity contribution in [1.82, 2.24) is 4.98 Å². The average molecular weight is 468 g/mol. The lowest BCUT2D eigenvalue weighted by Crippen LogP contribution is -2.78. The van der Waals surface area contributed by atoms with Crippen molar-refractivity contribution in [3.05, 3.63) is 23.9 Å². The van der Waals surface area contributed by atoms with Crippen LogP contribution in [0.1, 0.15) is 90.0 Å². The fourth-order valence-corrected chi connectivity index (χ4v) is 10.4. The highest BCUT2D eigenvalue weighted by atomic mass is 16.5. The molecule has 7 rings (SSSR count). The lowest BCUT2D eigenvalue weighted by atomic mass is 9.43. The van der Waals surface area contributed by atoms with Crippen LogP contribution in [0.2, 0.25) is 0 Å². The Hall–Kier alpha value is -1.17. The molecule has 7 atom stereocenters. The van der Waals surface area contributed by atoms with Gasteiger partial charge in [-0.05, 0) is 113 Å². The number of anilines is 1. The highest BCUT2D eigenvalue weighted by molar-refractivity contribution is 5.29. The predicted molar refractivity (Wildman–Crippen MR) is 135 cm³/mol. The Balaban J connectivity index is 1.34. The van der Waals surface area contributed by atoms with Gasteiger partial charge >= 0.3 is 0 Å². The first kappa shape index (κ1) is 23.2. The summed E-state index contributed by atoms with van der Waals surface area (Å²) in [6, 6.07) is 4.12. The highest BCUT2D eigenvalue weighted by Crippen LogP contribution is 2.67. The summed E-state index contributed by atoms with van der Waals surface area (Å²) in [7, 11) is 0. The molecule has 0 amide bonds. The summed E-state index contributed by atoms with van der Waals surface area (Å²) < 4.78 is 7.22. The molecule has 0 aromatic carbocycles. The average Bonchev–Trinajstić information content (AvgIpc) is 3.20. The van der Waals surface area contributed by atoms with E-state index in [1.165, 1.54) is 63.4 Å². The van der Waals surface area contributed by atoms with E-state index in [0.717, 1.165) is 19.3 Å². The number of fused-ring (bicyclic) bond motifs is 1. The summed E-state index contributed by atoms with van der Waals surface area (Å²) in [5, 5.41) is 10.3. The normalized spacial score (nSPS) is 44.4. The van der Waals surface area contributed by atoms with Gasteiger partial charge in [-0.1, -0.05) is 18.9 Å². The quantitative estimate of drug-likeness (QED) is 0.588. The second kappa shape index (κ2) is 7.91. The SMILES string of the molecule is CC1(C)OC2(C3CC(Cc4ccc(N)nc4)CC4(CCCC4)C3)CC3CCC(CO)C(N)(C2)C31. The van der Waals surface area contributed by atoms with Crippen LogP contribution in [0.15, 0.2) is 18.3 Å². The number of nitrogens with two attached hydrogens (primary N) is 2. The van der Waals surface area contributed by atoms with Gasteiger partial charge in [0.1, 0.15) is 5.82 Å². The first-order chi connectivity index (χ1) is 16.2. The van der Waals surface area contributed by atoms with Gasteiger partial charge < -0.3 is 21.3 Å². The van der Waals surface area contributed by atoms with E-state index >= 15 is 0 Å². The minimum Gasteiger partial charge on any atom is -0.396 e. The topological polar surface area (TPSA) is 94.4 Å². The van der Waals surface area contributed by atoms with Gasteiger partial charge in [0.05, 0.1) is 11.2 Å². The van der Waals surface area contributed by atoms with Crippen molar-refractivity contribution in [2.45, 2.75) is 108 Å². The van der Waals surface area contributed by atoms with Gasteiger partial charge in [0, 0.05) is 30.2 Å². The zero-order valence-corrected chi connectivity index (χ0v) is 21.3. The Morgan fingerprint density at radius 1 is 1.12 bits per heavy atom. The second-order valence-corrected chi connectivity index (χ2v) is 13.7. The molecule has 1 spiro atoms. The van der Waals surface area contributed by atoms with Crippen LogP contribution in [0, 0.1) is 35.0 Å². The standard InChI is InChI=1S/C29H45N3O2/c1-26(2)25-21-6-7-22(17-33)29(25,31)18-28(14-21,34-26)23-12-20(11-19-5-8-24(30)32-16-19)13-27(15-23)9-3-4-10-27/h5,8,16,20-23,25,33H,3-4,6-7,9-15,17-18,31H2,1-2H3,(H2,30,32). The molecule has 0 radical (unpaired) electrons. The molecule has 1 aromatic rings. The van der Waals surface area contributed by atoms with Gasteiger partial charge in [0.15, 0.2) is 0 Å². The van der Waals surface area contributed by atoms with Crippen LogP contribution < -0.4 is 11.5 Å². The third-order valence-corrected chi connectivity index (χ3v) is 11.1. The Morgan fingerprint density at radius 3 is 2.62 bits per heavy atom. The molecule has 4 bridgehead atoms. The molecule has 3 heterocycles. The monoisotopic (exact) mass is 467 g/mol. The molecule has 6 aliphatic rings. The molecule has 5 nitrogen and oxygen atoms in total. The molecular weight excluding hydrogens is 422 g/mol. The Kier molecular flexibility index (Phi) is 5.41. The summed E-state index contributed by atoms with van der Waals surface area (Å²) in [5.41, 5.74) is 14.3. The van der Waals surface area contributed by atoms with Gasteiger partial charge in [-0.15, -0.1) is 0 Å². The predicted octanol–water partition coefficient (Wildman–Crippen LogP) is 4.86. The van der Waals surface area contributed by atoms with Crippen molar-refractivity contribution >= 4 is 5.82 Å². The van der Waals surface area contributed by atoms with E-state index in [1.807, 2.05) is 12.3 Å². The van der Waals surface area contributed by atoms with Gasteiger partial charge in [-0.25, -0.2) is 4.98 Å². The van der Waals surface area contributed by atoms with E-state index in [0.29, 0.717) is 34.9 Å². The van der Waals surface area contributed by atoms with Crippen molar-refractivity contribution in [1.29, 1.82) is 0 Å². The zero-order valence-electron chi connectivity index (χ0n) is 21.3. The van der Waals surface area contributed by atoms with Crippen LogP contribution in [0.25, 0.3) is 0 Å². The number of nitrogens with zero attached hydrogens (tertiary/aromatic N) is 1. The minimum atomic E-state index is -0.297. The largest absolute Gasteiger partial charge is 0.396 e. The minimum absolute atomic E-state index is 0.140. The van der Waals surface area contributed by atoms with E-state index in [9.17, 15) is 5.11 Å². The molecule has 4 saturated carbocycles. The summed E-state index contributed by atoms with van der Waals surface area (Å²) >= 11 is 0. The van der Waals surface area contributed by atoms with E-state index in [4.69, 9.17) is 16.2 Å². The molecule has 5 heteroatoms. The number of hydrogen-bond donors (Lipinski definition) is 3. The maximum Gasteiger partial charge on any atom is 0.123 e. The fourth-order valence-electron chi connectivity index (χ4n) is 10.4. The third-order valence-electron chi connectivity index (χ3n) is 11.1. The van der Waals surface area contributed by atoms with Crippen LogP contribution in [0.4, 0.5) is 5.82 Å². The van der Waals surface area contributed by atoms with Crippen molar-refractivity contribution in [3.63, 3.8) is 0 Å². The second-order valence-electron chi connectivity index (χ2n) is 13.7. The molecule has 4 aliphatic carbocycles. The Morgan fingerprint density at radius 2 is 1.91 bits per heavy atom. The number of aliphatic hydroxyl groups excluding tert-OH is 1. The Bertz CT molecular complexity index is 910. The summed E-state index contributed by atoms with van der Waals surface area (Å²) in [6.07, 6.45) is 16.8. The van der Waals surface area contributed by atoms with Crippen molar-refractivity contribution < 1.29 is 9.84 Å². The van der Waals surface area contributed by atoms with Crippen LogP contribution >= 0.6 is 0 Å². The first-order valence-electron chi connectivity index (χ1n) is 14.0. The molecule has 1 aromatic heterocycles. The number of hydrogen-bond acceptors (Lipinski definition) is 5. The van der Waals surface area contributed by atoms with E-state index in [2.05, 4.69) is 24.9 Å². The number of aliphatic hydroxyl groups is 1.